The first-order valence-corrected chi connectivity index (χ1v) is 9.18. The van der Waals surface area contributed by atoms with Crippen LogP contribution in [0.15, 0.2) is 65.8 Å². The third-order valence-corrected chi connectivity index (χ3v) is 4.54. The quantitative estimate of drug-likeness (QED) is 0.659. The van der Waals surface area contributed by atoms with Gasteiger partial charge in [-0.3, -0.25) is 9.59 Å². The topological polar surface area (TPSA) is 89.2 Å². The van der Waals surface area contributed by atoms with Crippen molar-refractivity contribution in [2.75, 3.05) is 0 Å². The molecule has 146 valence electrons. The van der Waals surface area contributed by atoms with Crippen molar-refractivity contribution in [1.82, 2.24) is 20.2 Å². The first-order chi connectivity index (χ1) is 13.5. The highest BCUT2D eigenvalue weighted by atomic mass is 16.3. The van der Waals surface area contributed by atoms with Gasteiger partial charge in [-0.1, -0.05) is 26.0 Å². The Morgan fingerprint density at radius 2 is 1.82 bits per heavy atom. The molecule has 7 nitrogen and oxygen atoms in total. The van der Waals surface area contributed by atoms with E-state index in [-0.39, 0.29) is 23.6 Å². The molecule has 0 aliphatic carbocycles. The molecule has 0 bridgehead atoms. The molecule has 2 amide bonds. The molecule has 0 aliphatic rings. The summed E-state index contributed by atoms with van der Waals surface area (Å²) in [7, 11) is 0. The van der Waals surface area contributed by atoms with Crippen molar-refractivity contribution >= 4 is 11.8 Å². The van der Waals surface area contributed by atoms with Gasteiger partial charge in [-0.05, 0) is 42.7 Å². The molecule has 2 atom stereocenters. The number of rotatable bonds is 7. The second kappa shape index (κ2) is 8.56. The van der Waals surface area contributed by atoms with E-state index in [1.54, 1.807) is 24.7 Å². The number of hydrogen-bond donors (Lipinski definition) is 2. The van der Waals surface area contributed by atoms with E-state index in [1.165, 1.54) is 6.26 Å². The molecule has 2 N–H and O–H groups in total. The number of nitrogens with one attached hydrogen (secondary N) is 2. The number of benzene rings is 1. The maximum atomic E-state index is 12.8. The Balaban J connectivity index is 1.64. The second-order valence-corrected chi connectivity index (χ2v) is 6.96. The Labute approximate surface area is 163 Å². The summed E-state index contributed by atoms with van der Waals surface area (Å²) in [5.74, 6) is -0.534. The number of nitrogens with zero attached hydrogens (tertiary/aromatic N) is 2. The fraction of sp³-hybridized carbons (Fsp3) is 0.286. The van der Waals surface area contributed by atoms with Crippen LogP contribution >= 0.6 is 0 Å². The molecular weight excluding hydrogens is 356 g/mol. The monoisotopic (exact) mass is 380 g/mol. The van der Waals surface area contributed by atoms with Gasteiger partial charge >= 0.3 is 0 Å². The van der Waals surface area contributed by atoms with Crippen molar-refractivity contribution in [2.24, 2.45) is 5.92 Å². The van der Waals surface area contributed by atoms with Crippen LogP contribution in [0.3, 0.4) is 0 Å². The lowest BCUT2D eigenvalue weighted by molar-refractivity contribution is -0.124. The number of amides is 2. The first-order valence-electron chi connectivity index (χ1n) is 9.18. The predicted octanol–water partition coefficient (Wildman–Crippen LogP) is 3.10. The van der Waals surface area contributed by atoms with Crippen molar-refractivity contribution in [3.05, 3.63) is 72.7 Å². The molecule has 0 aliphatic heterocycles. The fourth-order valence-electron chi connectivity index (χ4n) is 2.89. The zero-order chi connectivity index (χ0) is 20.1. The zero-order valence-corrected chi connectivity index (χ0v) is 16.1. The van der Waals surface area contributed by atoms with Gasteiger partial charge in [-0.2, -0.15) is 0 Å². The van der Waals surface area contributed by atoms with Crippen LogP contribution in [0.1, 0.15) is 42.9 Å². The van der Waals surface area contributed by atoms with Gasteiger partial charge in [-0.15, -0.1) is 0 Å². The van der Waals surface area contributed by atoms with E-state index in [9.17, 15) is 9.59 Å². The van der Waals surface area contributed by atoms with E-state index in [0.29, 0.717) is 0 Å². The molecular formula is C21H24N4O3. The molecule has 0 spiro atoms. The molecule has 2 heterocycles. The van der Waals surface area contributed by atoms with E-state index >= 15 is 0 Å². The van der Waals surface area contributed by atoms with Gasteiger partial charge in [0, 0.05) is 18.1 Å². The summed E-state index contributed by atoms with van der Waals surface area (Å²) < 4.78 is 7.01. The van der Waals surface area contributed by atoms with Gasteiger partial charge in [0.1, 0.15) is 6.04 Å². The van der Waals surface area contributed by atoms with Crippen molar-refractivity contribution in [3.63, 3.8) is 0 Å². The Morgan fingerprint density at radius 1 is 1.07 bits per heavy atom. The van der Waals surface area contributed by atoms with Gasteiger partial charge in [0.25, 0.3) is 5.91 Å². The summed E-state index contributed by atoms with van der Waals surface area (Å²) in [5, 5.41) is 5.73. The average molecular weight is 380 g/mol. The lowest BCUT2D eigenvalue weighted by Crippen LogP contribution is -2.50. The van der Waals surface area contributed by atoms with Crippen LogP contribution < -0.4 is 10.6 Å². The number of carbonyl (C=O) groups excluding carboxylic acids is 2. The van der Waals surface area contributed by atoms with Crippen LogP contribution in [0.5, 0.6) is 0 Å². The van der Waals surface area contributed by atoms with Gasteiger partial charge < -0.3 is 19.6 Å². The Kier molecular flexibility index (Phi) is 5.93. The highest BCUT2D eigenvalue weighted by Crippen LogP contribution is 2.16. The van der Waals surface area contributed by atoms with E-state index < -0.39 is 11.9 Å². The number of carbonyl (C=O) groups is 2. The summed E-state index contributed by atoms with van der Waals surface area (Å²) in [6.07, 6.45) is 6.75. The van der Waals surface area contributed by atoms with Crippen LogP contribution in [0.25, 0.3) is 5.69 Å². The Bertz CT molecular complexity index is 900. The number of furan rings is 1. The standard InChI is InChI=1S/C21H24N4O3/c1-14(2)19(24-20(26)18-5-4-12-28-18)21(27)23-15(3)16-6-8-17(9-7-16)25-11-10-22-13-25/h4-15,19H,1-3H3,(H,23,27)(H,24,26)/t15-,19-/m0/s1. The van der Waals surface area contributed by atoms with E-state index in [0.717, 1.165) is 11.3 Å². The minimum atomic E-state index is -0.662. The van der Waals surface area contributed by atoms with Crippen LogP contribution in [0.2, 0.25) is 0 Å². The molecule has 0 saturated carbocycles. The maximum Gasteiger partial charge on any atom is 0.287 e. The number of hydrogen-bond acceptors (Lipinski definition) is 4. The molecule has 3 aromatic rings. The molecule has 0 saturated heterocycles. The normalized spacial score (nSPS) is 13.1. The van der Waals surface area contributed by atoms with Crippen molar-refractivity contribution < 1.29 is 14.0 Å². The predicted molar refractivity (Wildman–Crippen MR) is 105 cm³/mol. The highest BCUT2D eigenvalue weighted by molar-refractivity contribution is 5.95. The highest BCUT2D eigenvalue weighted by Gasteiger charge is 2.26. The molecule has 0 radical (unpaired) electrons. The van der Waals surface area contributed by atoms with Crippen LogP contribution in [0.4, 0.5) is 0 Å². The molecule has 1 aromatic carbocycles. The van der Waals surface area contributed by atoms with Crippen LogP contribution in [-0.2, 0) is 4.79 Å². The minimum Gasteiger partial charge on any atom is -0.459 e. The SMILES string of the molecule is CC(C)[C@H](NC(=O)c1ccco1)C(=O)N[C@@H](C)c1ccc(-n2ccnc2)cc1. The molecule has 0 fully saturated rings. The van der Waals surface area contributed by atoms with Crippen LogP contribution in [0, 0.1) is 5.92 Å². The van der Waals surface area contributed by atoms with Gasteiger partial charge in [0.15, 0.2) is 5.76 Å². The lowest BCUT2D eigenvalue weighted by Gasteiger charge is -2.24. The van der Waals surface area contributed by atoms with E-state index in [4.69, 9.17) is 4.42 Å². The van der Waals surface area contributed by atoms with Gasteiger partial charge in [0.05, 0.1) is 18.6 Å². The summed E-state index contributed by atoms with van der Waals surface area (Å²) in [6.45, 7) is 5.68. The maximum absolute atomic E-state index is 12.8. The van der Waals surface area contributed by atoms with Crippen molar-refractivity contribution in [1.29, 1.82) is 0 Å². The lowest BCUT2D eigenvalue weighted by atomic mass is 10.0. The molecule has 0 unspecified atom stereocenters. The third kappa shape index (κ3) is 4.49. The molecule has 28 heavy (non-hydrogen) atoms. The fourth-order valence-corrected chi connectivity index (χ4v) is 2.89. The molecule has 2 aromatic heterocycles. The van der Waals surface area contributed by atoms with E-state index in [1.807, 2.05) is 55.8 Å². The molecule has 7 heteroatoms. The summed E-state index contributed by atoms with van der Waals surface area (Å²) >= 11 is 0. The Hall–Kier alpha value is -3.35. The van der Waals surface area contributed by atoms with Gasteiger partial charge in [-0.25, -0.2) is 4.98 Å². The smallest absolute Gasteiger partial charge is 0.287 e. The number of aromatic nitrogens is 2. The third-order valence-electron chi connectivity index (χ3n) is 4.54. The second-order valence-electron chi connectivity index (χ2n) is 6.96. The summed E-state index contributed by atoms with van der Waals surface area (Å²) in [5.41, 5.74) is 1.96. The van der Waals surface area contributed by atoms with E-state index in [2.05, 4.69) is 15.6 Å². The van der Waals surface area contributed by atoms with Gasteiger partial charge in [0.2, 0.25) is 5.91 Å². The van der Waals surface area contributed by atoms with Crippen molar-refractivity contribution in [3.8, 4) is 5.69 Å². The van der Waals surface area contributed by atoms with Crippen molar-refractivity contribution in [2.45, 2.75) is 32.9 Å². The summed E-state index contributed by atoms with van der Waals surface area (Å²) in [4.78, 5) is 29.0. The largest absolute Gasteiger partial charge is 0.459 e. The number of imidazole rings is 1. The van der Waals surface area contributed by atoms with Crippen LogP contribution in [-0.4, -0.2) is 27.4 Å². The minimum absolute atomic E-state index is 0.0743. The average Bonchev–Trinajstić information content (AvgIpc) is 3.39. The Morgan fingerprint density at radius 3 is 2.39 bits per heavy atom. The summed E-state index contributed by atoms with van der Waals surface area (Å²) in [6, 6.07) is 10.2. The first kappa shape index (κ1) is 19.4. The zero-order valence-electron chi connectivity index (χ0n) is 16.1. The molecule has 3 rings (SSSR count).